The van der Waals surface area contributed by atoms with Crippen LogP contribution in [-0.4, -0.2) is 69.4 Å². The third-order valence-electron chi connectivity index (χ3n) is 4.87. The molecule has 25 heavy (non-hydrogen) atoms. The summed E-state index contributed by atoms with van der Waals surface area (Å²) in [5.41, 5.74) is 1.11. The Morgan fingerprint density at radius 2 is 1.88 bits per heavy atom. The second kappa shape index (κ2) is 9.06. The van der Waals surface area contributed by atoms with Gasteiger partial charge < -0.3 is 24.6 Å². The summed E-state index contributed by atoms with van der Waals surface area (Å²) in [7, 11) is 0. The van der Waals surface area contributed by atoms with Crippen molar-refractivity contribution in [1.29, 1.82) is 0 Å². The minimum absolute atomic E-state index is 0.108. The lowest BCUT2D eigenvalue weighted by atomic mass is 10.1. The standard InChI is InChI=1S/C19H29N3O3/c1-2-24-18-6-4-3-5-17(18)21-11-13-22(14-12-21)19(23)15-25-16-7-9-20-10-8-16/h3-6,16,20H,2,7-15H2,1H3. The number of rotatable bonds is 6. The first-order chi connectivity index (χ1) is 12.3. The molecule has 0 saturated carbocycles. The fraction of sp³-hybridized carbons (Fsp3) is 0.632. The topological polar surface area (TPSA) is 54.0 Å². The van der Waals surface area contributed by atoms with Crippen molar-refractivity contribution in [2.45, 2.75) is 25.9 Å². The van der Waals surface area contributed by atoms with Gasteiger partial charge in [0.1, 0.15) is 12.4 Å². The van der Waals surface area contributed by atoms with Crippen LogP contribution in [0.15, 0.2) is 24.3 Å². The molecule has 0 atom stereocenters. The van der Waals surface area contributed by atoms with Gasteiger partial charge in [0.25, 0.3) is 0 Å². The normalized spacial score (nSPS) is 19.1. The van der Waals surface area contributed by atoms with E-state index >= 15 is 0 Å². The summed E-state index contributed by atoms with van der Waals surface area (Å²) in [4.78, 5) is 16.6. The zero-order valence-corrected chi connectivity index (χ0v) is 15.1. The highest BCUT2D eigenvalue weighted by atomic mass is 16.5. The molecule has 1 aromatic carbocycles. The van der Waals surface area contributed by atoms with Crippen molar-refractivity contribution in [3.05, 3.63) is 24.3 Å². The minimum atomic E-state index is 0.108. The molecule has 6 nitrogen and oxygen atoms in total. The quantitative estimate of drug-likeness (QED) is 0.845. The molecule has 1 aromatic rings. The highest BCUT2D eigenvalue weighted by Gasteiger charge is 2.24. The molecular formula is C19H29N3O3. The van der Waals surface area contributed by atoms with E-state index in [1.807, 2.05) is 30.0 Å². The molecule has 2 heterocycles. The van der Waals surface area contributed by atoms with Crippen LogP contribution in [-0.2, 0) is 9.53 Å². The van der Waals surface area contributed by atoms with Gasteiger partial charge in [0.05, 0.1) is 18.4 Å². The number of nitrogens with one attached hydrogen (secondary N) is 1. The fourth-order valence-electron chi connectivity index (χ4n) is 3.44. The smallest absolute Gasteiger partial charge is 0.248 e. The Morgan fingerprint density at radius 3 is 2.60 bits per heavy atom. The molecule has 2 fully saturated rings. The van der Waals surface area contributed by atoms with Crippen LogP contribution in [0.4, 0.5) is 5.69 Å². The van der Waals surface area contributed by atoms with Crippen LogP contribution in [0.2, 0.25) is 0 Å². The number of carbonyl (C=O) groups excluding carboxylic acids is 1. The Labute approximate surface area is 150 Å². The summed E-state index contributed by atoms with van der Waals surface area (Å²) in [6.45, 7) is 7.93. The Morgan fingerprint density at radius 1 is 1.16 bits per heavy atom. The fourth-order valence-corrected chi connectivity index (χ4v) is 3.44. The number of nitrogens with zero attached hydrogens (tertiary/aromatic N) is 2. The van der Waals surface area contributed by atoms with Crippen LogP contribution < -0.4 is 15.0 Å². The number of para-hydroxylation sites is 2. The number of piperidine rings is 1. The molecule has 1 N–H and O–H groups in total. The lowest BCUT2D eigenvalue weighted by Gasteiger charge is -2.37. The molecule has 2 saturated heterocycles. The SMILES string of the molecule is CCOc1ccccc1N1CCN(C(=O)COC2CCNCC2)CC1. The van der Waals surface area contributed by atoms with Crippen LogP contribution in [0.25, 0.3) is 0 Å². The average molecular weight is 347 g/mol. The molecule has 0 unspecified atom stereocenters. The zero-order valence-electron chi connectivity index (χ0n) is 15.1. The van der Waals surface area contributed by atoms with E-state index in [4.69, 9.17) is 9.47 Å². The first-order valence-corrected chi connectivity index (χ1v) is 9.35. The van der Waals surface area contributed by atoms with Crippen LogP contribution in [0.5, 0.6) is 5.75 Å². The Balaban J connectivity index is 1.47. The molecule has 1 amide bonds. The maximum absolute atomic E-state index is 12.4. The summed E-state index contributed by atoms with van der Waals surface area (Å²) >= 11 is 0. The highest BCUT2D eigenvalue weighted by Crippen LogP contribution is 2.28. The van der Waals surface area contributed by atoms with E-state index in [2.05, 4.69) is 16.3 Å². The second-order valence-electron chi connectivity index (χ2n) is 6.53. The van der Waals surface area contributed by atoms with Gasteiger partial charge >= 0.3 is 0 Å². The van der Waals surface area contributed by atoms with Gasteiger partial charge in [-0.05, 0) is 45.0 Å². The lowest BCUT2D eigenvalue weighted by Crippen LogP contribution is -2.50. The molecule has 0 bridgehead atoms. The Kier molecular flexibility index (Phi) is 6.53. The molecule has 0 spiro atoms. The number of hydrogen-bond acceptors (Lipinski definition) is 5. The van der Waals surface area contributed by atoms with Crippen LogP contribution in [0, 0.1) is 0 Å². The summed E-state index contributed by atoms with van der Waals surface area (Å²) < 4.78 is 11.5. The first-order valence-electron chi connectivity index (χ1n) is 9.35. The van der Waals surface area contributed by atoms with Crippen molar-refractivity contribution in [3.63, 3.8) is 0 Å². The van der Waals surface area contributed by atoms with E-state index in [9.17, 15) is 4.79 Å². The molecule has 3 rings (SSSR count). The van der Waals surface area contributed by atoms with Crippen molar-refractivity contribution in [2.75, 3.05) is 57.4 Å². The number of piperazine rings is 1. The third-order valence-corrected chi connectivity index (χ3v) is 4.87. The predicted molar refractivity (Wildman–Crippen MR) is 98.2 cm³/mol. The van der Waals surface area contributed by atoms with Gasteiger partial charge in [-0.15, -0.1) is 0 Å². The summed E-state index contributed by atoms with van der Waals surface area (Å²) in [6.07, 6.45) is 2.22. The van der Waals surface area contributed by atoms with Gasteiger partial charge in [-0.2, -0.15) is 0 Å². The molecule has 0 aliphatic carbocycles. The van der Waals surface area contributed by atoms with E-state index in [-0.39, 0.29) is 18.6 Å². The van der Waals surface area contributed by atoms with E-state index in [1.54, 1.807) is 0 Å². The lowest BCUT2D eigenvalue weighted by molar-refractivity contribution is -0.139. The molecule has 6 heteroatoms. The molecule has 0 aromatic heterocycles. The van der Waals surface area contributed by atoms with Crippen LogP contribution in [0.3, 0.4) is 0 Å². The van der Waals surface area contributed by atoms with Crippen LogP contribution >= 0.6 is 0 Å². The maximum atomic E-state index is 12.4. The highest BCUT2D eigenvalue weighted by molar-refractivity contribution is 5.78. The van der Waals surface area contributed by atoms with Gasteiger partial charge in [-0.1, -0.05) is 12.1 Å². The van der Waals surface area contributed by atoms with Crippen molar-refractivity contribution in [2.24, 2.45) is 0 Å². The molecule has 2 aliphatic heterocycles. The number of ether oxygens (including phenoxy) is 2. The molecule has 0 radical (unpaired) electrons. The molecular weight excluding hydrogens is 318 g/mol. The number of benzene rings is 1. The molecule has 138 valence electrons. The van der Waals surface area contributed by atoms with Gasteiger partial charge in [0.15, 0.2) is 0 Å². The average Bonchev–Trinajstić information content (AvgIpc) is 2.68. The summed E-state index contributed by atoms with van der Waals surface area (Å²) in [5.74, 6) is 1.02. The minimum Gasteiger partial charge on any atom is -0.492 e. The van der Waals surface area contributed by atoms with Crippen molar-refractivity contribution in [1.82, 2.24) is 10.2 Å². The van der Waals surface area contributed by atoms with Crippen LogP contribution in [0.1, 0.15) is 19.8 Å². The zero-order chi connectivity index (χ0) is 17.5. The van der Waals surface area contributed by atoms with Crippen molar-refractivity contribution < 1.29 is 14.3 Å². The third kappa shape index (κ3) is 4.86. The molecule has 2 aliphatic rings. The van der Waals surface area contributed by atoms with Gasteiger partial charge in [-0.3, -0.25) is 4.79 Å². The van der Waals surface area contributed by atoms with Gasteiger partial charge in [0, 0.05) is 26.2 Å². The monoisotopic (exact) mass is 347 g/mol. The van der Waals surface area contributed by atoms with Gasteiger partial charge in [0.2, 0.25) is 5.91 Å². The number of hydrogen-bond donors (Lipinski definition) is 1. The number of anilines is 1. The second-order valence-corrected chi connectivity index (χ2v) is 6.53. The van der Waals surface area contributed by atoms with Crippen molar-refractivity contribution >= 4 is 11.6 Å². The summed E-state index contributed by atoms with van der Waals surface area (Å²) in [5, 5.41) is 3.31. The predicted octanol–water partition coefficient (Wildman–Crippen LogP) is 1.50. The van der Waals surface area contributed by atoms with E-state index in [1.165, 1.54) is 0 Å². The first kappa shape index (κ1) is 18.0. The maximum Gasteiger partial charge on any atom is 0.248 e. The van der Waals surface area contributed by atoms with Crippen molar-refractivity contribution in [3.8, 4) is 5.75 Å². The van der Waals surface area contributed by atoms with E-state index < -0.39 is 0 Å². The number of carbonyl (C=O) groups is 1. The Bertz CT molecular complexity index is 553. The van der Waals surface area contributed by atoms with E-state index in [0.717, 1.165) is 63.5 Å². The Hall–Kier alpha value is -1.79. The largest absolute Gasteiger partial charge is 0.492 e. The van der Waals surface area contributed by atoms with E-state index in [0.29, 0.717) is 6.61 Å². The number of amides is 1. The van der Waals surface area contributed by atoms with Gasteiger partial charge in [-0.25, -0.2) is 0 Å². The summed E-state index contributed by atoms with van der Waals surface area (Å²) in [6, 6.07) is 8.11.